The summed E-state index contributed by atoms with van der Waals surface area (Å²) in [4.78, 5) is 0. The Bertz CT molecular complexity index is 166. The van der Waals surface area contributed by atoms with Crippen LogP contribution < -0.4 is 0 Å². The molecule has 1 aliphatic rings. The lowest BCUT2D eigenvalue weighted by Gasteiger charge is -2.13. The van der Waals surface area contributed by atoms with Crippen molar-refractivity contribution in [2.24, 2.45) is 5.92 Å². The molecule has 0 spiro atoms. The van der Waals surface area contributed by atoms with Gasteiger partial charge in [-0.25, -0.2) is 0 Å². The summed E-state index contributed by atoms with van der Waals surface area (Å²) in [6.07, 6.45) is 6.51. The molecule has 10 heavy (non-hydrogen) atoms. The molecule has 0 saturated heterocycles. The Kier molecular flexibility index (Phi) is 2.28. The summed E-state index contributed by atoms with van der Waals surface area (Å²) in [6.45, 7) is 4.32. The van der Waals surface area contributed by atoms with E-state index in [1.807, 2.05) is 12.2 Å². The van der Waals surface area contributed by atoms with Crippen LogP contribution in [-0.2, 0) is 0 Å². The third-order valence-electron chi connectivity index (χ3n) is 1.77. The van der Waals surface area contributed by atoms with Crippen molar-refractivity contribution in [3.8, 4) is 0 Å². The fourth-order valence-electron chi connectivity index (χ4n) is 1.05. The van der Waals surface area contributed by atoms with Crippen molar-refractivity contribution in [2.75, 3.05) is 0 Å². The Hall–Kier alpha value is -0.560. The van der Waals surface area contributed by atoms with Gasteiger partial charge < -0.3 is 5.11 Å². The molecule has 1 N–H and O–H groups in total. The predicted octanol–water partition coefficient (Wildman–Crippen LogP) is 1.89. The first-order valence-corrected chi connectivity index (χ1v) is 3.76. The Balaban J connectivity index is 2.59. The summed E-state index contributed by atoms with van der Waals surface area (Å²) in [6, 6.07) is 0. The summed E-state index contributed by atoms with van der Waals surface area (Å²) in [5, 5.41) is 9.08. The lowest BCUT2D eigenvalue weighted by atomic mass is 9.96. The first kappa shape index (κ1) is 7.55. The van der Waals surface area contributed by atoms with Crippen molar-refractivity contribution in [1.29, 1.82) is 0 Å². The van der Waals surface area contributed by atoms with E-state index in [0.717, 1.165) is 6.42 Å². The summed E-state index contributed by atoms with van der Waals surface area (Å²) >= 11 is 0. The summed E-state index contributed by atoms with van der Waals surface area (Å²) < 4.78 is 0. The van der Waals surface area contributed by atoms with Crippen LogP contribution in [0.2, 0.25) is 0 Å². The van der Waals surface area contributed by atoms with Crippen LogP contribution >= 0.6 is 0 Å². The van der Waals surface area contributed by atoms with Crippen LogP contribution in [-0.4, -0.2) is 11.2 Å². The molecular formula is C9H14O. The predicted molar refractivity (Wildman–Crippen MR) is 42.7 cm³/mol. The van der Waals surface area contributed by atoms with Gasteiger partial charge in [-0.1, -0.05) is 32.1 Å². The van der Waals surface area contributed by atoms with Gasteiger partial charge in [-0.3, -0.25) is 0 Å². The van der Waals surface area contributed by atoms with Crippen LogP contribution in [0.3, 0.4) is 0 Å². The Morgan fingerprint density at radius 2 is 2.30 bits per heavy atom. The van der Waals surface area contributed by atoms with E-state index in [-0.39, 0.29) is 6.10 Å². The van der Waals surface area contributed by atoms with Crippen molar-refractivity contribution < 1.29 is 5.11 Å². The van der Waals surface area contributed by atoms with Crippen LogP contribution in [0.15, 0.2) is 23.8 Å². The number of hydrogen-bond acceptors (Lipinski definition) is 1. The molecule has 1 nitrogen and oxygen atoms in total. The van der Waals surface area contributed by atoms with Gasteiger partial charge in [-0.05, 0) is 17.9 Å². The van der Waals surface area contributed by atoms with Crippen LogP contribution in [0.1, 0.15) is 20.3 Å². The van der Waals surface area contributed by atoms with E-state index in [1.54, 1.807) is 0 Å². The van der Waals surface area contributed by atoms with Crippen LogP contribution in [0.5, 0.6) is 0 Å². The highest BCUT2D eigenvalue weighted by Crippen LogP contribution is 2.17. The standard InChI is InChI=1S/C9H14O/c1-7(2)8-3-5-9(10)6-4-8/h3-5,7,9-10H,6H2,1-2H3. The van der Waals surface area contributed by atoms with Gasteiger partial charge in [0.05, 0.1) is 6.10 Å². The van der Waals surface area contributed by atoms with Crippen molar-refractivity contribution in [2.45, 2.75) is 26.4 Å². The molecule has 0 saturated carbocycles. The quantitative estimate of drug-likeness (QED) is 0.586. The summed E-state index contributed by atoms with van der Waals surface area (Å²) in [7, 11) is 0. The van der Waals surface area contributed by atoms with E-state index in [1.165, 1.54) is 5.57 Å². The SMILES string of the molecule is CC(C)C1=CCC(O)C=C1. The minimum atomic E-state index is -0.248. The number of aliphatic hydroxyl groups excluding tert-OH is 1. The molecule has 0 aromatic rings. The van der Waals surface area contributed by atoms with E-state index in [0.29, 0.717) is 5.92 Å². The number of hydrogen-bond donors (Lipinski definition) is 1. The molecular weight excluding hydrogens is 124 g/mol. The topological polar surface area (TPSA) is 20.2 Å². The average Bonchev–Trinajstić information content (AvgIpc) is 1.88. The molecule has 0 bridgehead atoms. The zero-order chi connectivity index (χ0) is 7.56. The highest BCUT2D eigenvalue weighted by atomic mass is 16.3. The maximum Gasteiger partial charge on any atom is 0.0758 e. The van der Waals surface area contributed by atoms with Gasteiger partial charge in [0.25, 0.3) is 0 Å². The van der Waals surface area contributed by atoms with E-state index in [2.05, 4.69) is 19.9 Å². The minimum absolute atomic E-state index is 0.248. The molecule has 1 aliphatic carbocycles. The molecule has 0 aromatic heterocycles. The van der Waals surface area contributed by atoms with Crippen LogP contribution in [0.25, 0.3) is 0 Å². The van der Waals surface area contributed by atoms with Crippen LogP contribution in [0.4, 0.5) is 0 Å². The third-order valence-corrected chi connectivity index (χ3v) is 1.77. The molecule has 1 rings (SSSR count). The summed E-state index contributed by atoms with van der Waals surface area (Å²) in [5.41, 5.74) is 1.34. The van der Waals surface area contributed by atoms with Crippen molar-refractivity contribution in [1.82, 2.24) is 0 Å². The largest absolute Gasteiger partial charge is 0.389 e. The molecule has 0 amide bonds. The van der Waals surface area contributed by atoms with Crippen molar-refractivity contribution in [3.63, 3.8) is 0 Å². The van der Waals surface area contributed by atoms with Gasteiger partial charge in [0, 0.05) is 0 Å². The van der Waals surface area contributed by atoms with E-state index >= 15 is 0 Å². The summed E-state index contributed by atoms with van der Waals surface area (Å²) in [5.74, 6) is 0.587. The Morgan fingerprint density at radius 1 is 1.60 bits per heavy atom. The monoisotopic (exact) mass is 138 g/mol. The molecule has 1 heteroatoms. The van der Waals surface area contributed by atoms with Gasteiger partial charge in [0.2, 0.25) is 0 Å². The third kappa shape index (κ3) is 1.71. The molecule has 56 valence electrons. The zero-order valence-corrected chi connectivity index (χ0v) is 6.54. The number of rotatable bonds is 1. The second-order valence-corrected chi connectivity index (χ2v) is 3.02. The molecule has 0 fully saturated rings. The van der Waals surface area contributed by atoms with Gasteiger partial charge in [-0.15, -0.1) is 0 Å². The molecule has 0 aromatic carbocycles. The highest BCUT2D eigenvalue weighted by Gasteiger charge is 2.06. The molecule has 1 unspecified atom stereocenters. The zero-order valence-electron chi connectivity index (χ0n) is 6.54. The molecule has 1 atom stereocenters. The lowest BCUT2D eigenvalue weighted by Crippen LogP contribution is -2.06. The number of aliphatic hydroxyl groups is 1. The first-order valence-electron chi connectivity index (χ1n) is 3.76. The maximum absolute atomic E-state index is 9.08. The highest BCUT2D eigenvalue weighted by molar-refractivity contribution is 5.25. The van der Waals surface area contributed by atoms with Gasteiger partial charge in [0.15, 0.2) is 0 Å². The maximum atomic E-state index is 9.08. The van der Waals surface area contributed by atoms with E-state index in [9.17, 15) is 0 Å². The second-order valence-electron chi connectivity index (χ2n) is 3.02. The molecule has 0 aliphatic heterocycles. The van der Waals surface area contributed by atoms with Gasteiger partial charge >= 0.3 is 0 Å². The van der Waals surface area contributed by atoms with E-state index < -0.39 is 0 Å². The normalized spacial score (nSPS) is 25.2. The van der Waals surface area contributed by atoms with Crippen molar-refractivity contribution in [3.05, 3.63) is 23.8 Å². The first-order chi connectivity index (χ1) is 4.70. The smallest absolute Gasteiger partial charge is 0.0758 e. The average molecular weight is 138 g/mol. The molecule has 0 radical (unpaired) electrons. The van der Waals surface area contributed by atoms with E-state index in [4.69, 9.17) is 5.11 Å². The molecule has 0 heterocycles. The fourth-order valence-corrected chi connectivity index (χ4v) is 1.05. The fraction of sp³-hybridized carbons (Fsp3) is 0.556. The lowest BCUT2D eigenvalue weighted by molar-refractivity contribution is 0.225. The van der Waals surface area contributed by atoms with Crippen LogP contribution in [0, 0.1) is 5.92 Å². The number of allylic oxidation sites excluding steroid dienone is 2. The van der Waals surface area contributed by atoms with Gasteiger partial charge in [-0.2, -0.15) is 0 Å². The Labute approximate surface area is 62.1 Å². The van der Waals surface area contributed by atoms with Crippen molar-refractivity contribution >= 4 is 0 Å². The second kappa shape index (κ2) is 3.02. The minimum Gasteiger partial charge on any atom is -0.389 e. The van der Waals surface area contributed by atoms with Gasteiger partial charge in [0.1, 0.15) is 0 Å². The Morgan fingerprint density at radius 3 is 2.70 bits per heavy atom.